The molecule has 0 radical (unpaired) electrons. The van der Waals surface area contributed by atoms with Crippen LogP contribution in [0.2, 0.25) is 0 Å². The fourth-order valence-electron chi connectivity index (χ4n) is 3.52. The summed E-state index contributed by atoms with van der Waals surface area (Å²) in [6, 6.07) is 15.9. The quantitative estimate of drug-likeness (QED) is 0.849. The van der Waals surface area contributed by atoms with E-state index < -0.39 is 6.10 Å². The Morgan fingerprint density at radius 2 is 1.85 bits per heavy atom. The lowest BCUT2D eigenvalue weighted by atomic mass is 10.1. The van der Waals surface area contributed by atoms with Crippen LogP contribution in [-0.4, -0.2) is 49.7 Å². The molecule has 2 aliphatic heterocycles. The zero-order valence-electron chi connectivity index (χ0n) is 15.2. The molecule has 0 unspecified atom stereocenters. The highest BCUT2D eigenvalue weighted by Crippen LogP contribution is 2.33. The number of rotatable bonds is 4. The van der Waals surface area contributed by atoms with Gasteiger partial charge in [-0.1, -0.05) is 37.3 Å². The third kappa shape index (κ3) is 3.09. The predicted molar refractivity (Wildman–Crippen MR) is 101 cm³/mol. The van der Waals surface area contributed by atoms with E-state index in [4.69, 9.17) is 9.47 Å². The van der Waals surface area contributed by atoms with Gasteiger partial charge in [-0.15, -0.1) is 0 Å². The Morgan fingerprint density at radius 1 is 1.12 bits per heavy atom. The summed E-state index contributed by atoms with van der Waals surface area (Å²) in [6.45, 7) is 3.91. The van der Waals surface area contributed by atoms with E-state index in [0.29, 0.717) is 19.6 Å². The number of para-hydroxylation sites is 3. The normalized spacial score (nSPS) is 19.4. The van der Waals surface area contributed by atoms with Gasteiger partial charge in [0.15, 0.2) is 6.10 Å². The topological polar surface area (TPSA) is 42.0 Å². The molecule has 0 spiro atoms. The van der Waals surface area contributed by atoms with Crippen LogP contribution in [0.1, 0.15) is 12.5 Å². The van der Waals surface area contributed by atoms with E-state index in [2.05, 4.69) is 17.9 Å². The minimum Gasteiger partial charge on any atom is -0.486 e. The molecule has 1 atom stereocenters. The van der Waals surface area contributed by atoms with Gasteiger partial charge >= 0.3 is 0 Å². The summed E-state index contributed by atoms with van der Waals surface area (Å²) in [7, 11) is 1.99. The Labute approximate surface area is 154 Å². The summed E-state index contributed by atoms with van der Waals surface area (Å²) in [5.41, 5.74) is 2.23. The highest BCUT2D eigenvalue weighted by atomic mass is 16.5. The van der Waals surface area contributed by atoms with Crippen molar-refractivity contribution >= 4 is 11.6 Å². The van der Waals surface area contributed by atoms with Crippen LogP contribution < -0.4 is 14.4 Å². The molecule has 136 valence electrons. The second kappa shape index (κ2) is 6.90. The number of carbonyl (C=O) groups is 1. The van der Waals surface area contributed by atoms with Gasteiger partial charge in [-0.05, 0) is 30.2 Å². The molecule has 5 nitrogen and oxygen atoms in total. The molecule has 2 aromatic rings. The maximum atomic E-state index is 12.8. The van der Waals surface area contributed by atoms with E-state index in [1.807, 2.05) is 54.4 Å². The minimum atomic E-state index is -0.459. The Morgan fingerprint density at radius 3 is 2.65 bits per heavy atom. The van der Waals surface area contributed by atoms with Crippen molar-refractivity contribution in [2.75, 3.05) is 31.6 Å². The Balaban J connectivity index is 1.35. The largest absolute Gasteiger partial charge is 0.486 e. The van der Waals surface area contributed by atoms with Crippen molar-refractivity contribution < 1.29 is 14.3 Å². The maximum Gasteiger partial charge on any atom is 0.265 e. The van der Waals surface area contributed by atoms with Crippen LogP contribution in [0.15, 0.2) is 48.5 Å². The molecule has 4 rings (SSSR count). The monoisotopic (exact) mass is 352 g/mol. The van der Waals surface area contributed by atoms with Crippen LogP contribution in [-0.2, 0) is 11.2 Å². The molecule has 26 heavy (non-hydrogen) atoms. The molecule has 2 aliphatic rings. The van der Waals surface area contributed by atoms with Crippen LogP contribution in [0.25, 0.3) is 0 Å². The van der Waals surface area contributed by atoms with Crippen molar-refractivity contribution in [3.05, 3.63) is 54.1 Å². The van der Waals surface area contributed by atoms with Crippen molar-refractivity contribution in [3.8, 4) is 11.5 Å². The smallest absolute Gasteiger partial charge is 0.265 e. The molecule has 1 saturated heterocycles. The summed E-state index contributed by atoms with van der Waals surface area (Å²) in [6.07, 6.45) is 0.534. The summed E-state index contributed by atoms with van der Waals surface area (Å²) >= 11 is 0. The van der Waals surface area contributed by atoms with Gasteiger partial charge in [0.1, 0.15) is 17.6 Å². The Kier molecular flexibility index (Phi) is 4.45. The Bertz CT molecular complexity index is 801. The van der Waals surface area contributed by atoms with Crippen molar-refractivity contribution in [1.82, 2.24) is 4.90 Å². The molecule has 0 aliphatic carbocycles. The highest BCUT2D eigenvalue weighted by molar-refractivity contribution is 5.84. The molecule has 2 heterocycles. The van der Waals surface area contributed by atoms with E-state index in [1.165, 1.54) is 5.56 Å². The van der Waals surface area contributed by atoms with Crippen LogP contribution in [0.5, 0.6) is 11.5 Å². The van der Waals surface area contributed by atoms with Gasteiger partial charge in [-0.3, -0.25) is 4.79 Å². The van der Waals surface area contributed by atoms with Gasteiger partial charge in [-0.25, -0.2) is 0 Å². The number of hydrogen-bond acceptors (Lipinski definition) is 4. The predicted octanol–water partition coefficient (Wildman–Crippen LogP) is 2.74. The molecule has 1 amide bonds. The van der Waals surface area contributed by atoms with E-state index >= 15 is 0 Å². The number of likely N-dealkylation sites (N-methyl/N-ethyl adjacent to an activating group) is 1. The third-order valence-electron chi connectivity index (χ3n) is 5.07. The standard InChI is InChI=1S/C21H24N2O3/c1-3-15-8-4-6-10-18(15)25-16-12-23(13-16)21(24)20-14-22(2)17-9-5-7-11-19(17)26-20/h4-11,16,20H,3,12-14H2,1-2H3/t20-/m1/s1. The van der Waals surface area contributed by atoms with Gasteiger partial charge in [0.25, 0.3) is 5.91 Å². The minimum absolute atomic E-state index is 0.0370. The second-order valence-electron chi connectivity index (χ2n) is 6.90. The number of aryl methyl sites for hydroxylation is 1. The van der Waals surface area contributed by atoms with Crippen molar-refractivity contribution in [2.45, 2.75) is 25.6 Å². The lowest BCUT2D eigenvalue weighted by molar-refractivity contribution is -0.147. The van der Waals surface area contributed by atoms with Gasteiger partial charge < -0.3 is 19.3 Å². The van der Waals surface area contributed by atoms with Crippen LogP contribution in [0, 0.1) is 0 Å². The SMILES string of the molecule is CCc1ccccc1OC1CN(C(=O)[C@H]2CN(C)c3ccccc3O2)C1. The van der Waals surface area contributed by atoms with Gasteiger partial charge in [-0.2, -0.15) is 0 Å². The number of likely N-dealkylation sites (tertiary alicyclic amines) is 1. The summed E-state index contributed by atoms with van der Waals surface area (Å²) in [5.74, 6) is 1.73. The fourth-order valence-corrected chi connectivity index (χ4v) is 3.52. The molecular formula is C21H24N2O3. The lowest BCUT2D eigenvalue weighted by Gasteiger charge is -2.42. The Hall–Kier alpha value is -2.69. The first kappa shape index (κ1) is 16.8. The average Bonchev–Trinajstić information content (AvgIpc) is 2.64. The number of amides is 1. The van der Waals surface area contributed by atoms with Crippen molar-refractivity contribution in [3.63, 3.8) is 0 Å². The molecule has 0 aromatic heterocycles. The highest BCUT2D eigenvalue weighted by Gasteiger charge is 2.39. The van der Waals surface area contributed by atoms with E-state index in [0.717, 1.165) is 23.6 Å². The second-order valence-corrected chi connectivity index (χ2v) is 6.90. The zero-order valence-corrected chi connectivity index (χ0v) is 15.2. The zero-order chi connectivity index (χ0) is 18.1. The number of benzene rings is 2. The lowest BCUT2D eigenvalue weighted by Crippen LogP contribution is -2.61. The molecule has 0 N–H and O–H groups in total. The number of anilines is 1. The molecule has 5 heteroatoms. The summed E-state index contributed by atoms with van der Waals surface area (Å²) < 4.78 is 12.0. The fraction of sp³-hybridized carbons (Fsp3) is 0.381. The molecule has 2 aromatic carbocycles. The average molecular weight is 352 g/mol. The van der Waals surface area contributed by atoms with Crippen molar-refractivity contribution in [2.24, 2.45) is 0 Å². The van der Waals surface area contributed by atoms with Crippen molar-refractivity contribution in [1.29, 1.82) is 0 Å². The van der Waals surface area contributed by atoms with Gasteiger partial charge in [0.05, 0.1) is 25.3 Å². The number of carbonyl (C=O) groups excluding carboxylic acids is 1. The molecule has 0 saturated carbocycles. The van der Waals surface area contributed by atoms with Gasteiger partial charge in [0, 0.05) is 7.05 Å². The van der Waals surface area contributed by atoms with Crippen LogP contribution >= 0.6 is 0 Å². The first-order valence-electron chi connectivity index (χ1n) is 9.16. The first-order chi connectivity index (χ1) is 12.7. The maximum absolute atomic E-state index is 12.8. The van der Waals surface area contributed by atoms with E-state index in [9.17, 15) is 4.79 Å². The van der Waals surface area contributed by atoms with E-state index in [-0.39, 0.29) is 12.0 Å². The summed E-state index contributed by atoms with van der Waals surface area (Å²) in [4.78, 5) is 16.7. The third-order valence-corrected chi connectivity index (χ3v) is 5.07. The van der Waals surface area contributed by atoms with E-state index in [1.54, 1.807) is 0 Å². The van der Waals surface area contributed by atoms with Crippen LogP contribution in [0.3, 0.4) is 0 Å². The summed E-state index contributed by atoms with van der Waals surface area (Å²) in [5, 5.41) is 0. The van der Waals surface area contributed by atoms with Gasteiger partial charge in [0.2, 0.25) is 0 Å². The van der Waals surface area contributed by atoms with Crippen LogP contribution in [0.4, 0.5) is 5.69 Å². The number of nitrogens with zero attached hydrogens (tertiary/aromatic N) is 2. The molecule has 0 bridgehead atoms. The number of ether oxygens (including phenoxy) is 2. The first-order valence-corrected chi connectivity index (χ1v) is 9.16. The molecule has 1 fully saturated rings. The number of fused-ring (bicyclic) bond motifs is 1. The number of hydrogen-bond donors (Lipinski definition) is 0. The molecular weight excluding hydrogens is 328 g/mol.